The SMILES string of the molecule is CCOC(=O)C(CC)(CCCc1ccc(Sc2cccc(OCc3ccccc3)c2)cc1Cl)C(=O)OCC. The fourth-order valence-corrected chi connectivity index (χ4v) is 5.42. The average molecular weight is 555 g/mol. The van der Waals surface area contributed by atoms with E-state index in [4.69, 9.17) is 25.8 Å². The van der Waals surface area contributed by atoms with E-state index >= 15 is 0 Å². The van der Waals surface area contributed by atoms with Crippen molar-refractivity contribution in [3.05, 3.63) is 88.9 Å². The van der Waals surface area contributed by atoms with Gasteiger partial charge < -0.3 is 14.2 Å². The van der Waals surface area contributed by atoms with Gasteiger partial charge in [0.15, 0.2) is 5.41 Å². The fraction of sp³-hybridized carbons (Fsp3) is 0.355. The van der Waals surface area contributed by atoms with E-state index in [-0.39, 0.29) is 13.2 Å². The maximum Gasteiger partial charge on any atom is 0.323 e. The molecule has 5 nitrogen and oxygen atoms in total. The summed E-state index contributed by atoms with van der Waals surface area (Å²) >= 11 is 8.24. The van der Waals surface area contributed by atoms with Gasteiger partial charge in [-0.1, -0.05) is 72.8 Å². The molecule has 0 heterocycles. The molecule has 0 atom stereocenters. The third kappa shape index (κ3) is 8.02. The van der Waals surface area contributed by atoms with Gasteiger partial charge >= 0.3 is 11.9 Å². The summed E-state index contributed by atoms with van der Waals surface area (Å²) in [7, 11) is 0. The Morgan fingerprint density at radius 3 is 2.16 bits per heavy atom. The molecule has 0 unspecified atom stereocenters. The number of esters is 2. The largest absolute Gasteiger partial charge is 0.489 e. The zero-order valence-electron chi connectivity index (χ0n) is 22.2. The number of carbonyl (C=O) groups excluding carboxylic acids is 2. The summed E-state index contributed by atoms with van der Waals surface area (Å²) in [6, 6.07) is 24.0. The van der Waals surface area contributed by atoms with E-state index in [0.29, 0.717) is 37.3 Å². The number of carbonyl (C=O) groups is 2. The number of ether oxygens (including phenoxy) is 3. The van der Waals surface area contributed by atoms with Gasteiger partial charge in [-0.2, -0.15) is 0 Å². The summed E-state index contributed by atoms with van der Waals surface area (Å²) in [5.41, 5.74) is 0.796. The highest BCUT2D eigenvalue weighted by atomic mass is 35.5. The molecule has 3 aromatic rings. The van der Waals surface area contributed by atoms with Gasteiger partial charge in [-0.3, -0.25) is 9.59 Å². The molecule has 3 rings (SSSR count). The van der Waals surface area contributed by atoms with Crippen molar-refractivity contribution in [3.8, 4) is 5.75 Å². The molecule has 202 valence electrons. The molecular weight excluding hydrogens is 520 g/mol. The van der Waals surface area contributed by atoms with Gasteiger partial charge in [-0.05, 0) is 81.0 Å². The van der Waals surface area contributed by atoms with Crippen molar-refractivity contribution in [2.45, 2.75) is 62.9 Å². The molecule has 0 aliphatic carbocycles. The van der Waals surface area contributed by atoms with E-state index in [2.05, 4.69) is 0 Å². The normalized spacial score (nSPS) is 11.2. The molecule has 38 heavy (non-hydrogen) atoms. The molecule has 7 heteroatoms. The van der Waals surface area contributed by atoms with Gasteiger partial charge in [0.2, 0.25) is 0 Å². The van der Waals surface area contributed by atoms with Crippen LogP contribution in [-0.2, 0) is 32.1 Å². The lowest BCUT2D eigenvalue weighted by Gasteiger charge is -2.28. The Bertz CT molecular complexity index is 1180. The second-order valence-corrected chi connectivity index (χ2v) is 10.4. The zero-order valence-corrected chi connectivity index (χ0v) is 23.8. The third-order valence-corrected chi connectivity index (χ3v) is 7.63. The predicted molar refractivity (Wildman–Crippen MR) is 152 cm³/mol. The molecule has 0 amide bonds. The highest BCUT2D eigenvalue weighted by Gasteiger charge is 2.46. The van der Waals surface area contributed by atoms with E-state index in [0.717, 1.165) is 26.7 Å². The first-order valence-corrected chi connectivity index (χ1v) is 14.2. The number of rotatable bonds is 14. The fourth-order valence-electron chi connectivity index (χ4n) is 4.17. The minimum atomic E-state index is -1.29. The Labute approximate surface area is 234 Å². The van der Waals surface area contributed by atoms with Gasteiger partial charge in [0.05, 0.1) is 13.2 Å². The summed E-state index contributed by atoms with van der Waals surface area (Å²) < 4.78 is 16.4. The second-order valence-electron chi connectivity index (χ2n) is 8.83. The van der Waals surface area contributed by atoms with Crippen LogP contribution in [0.15, 0.2) is 82.6 Å². The molecule has 0 bridgehead atoms. The van der Waals surface area contributed by atoms with Crippen LogP contribution in [0.3, 0.4) is 0 Å². The lowest BCUT2D eigenvalue weighted by atomic mass is 9.79. The predicted octanol–water partition coefficient (Wildman–Crippen LogP) is 7.92. The Kier molecular flexibility index (Phi) is 11.6. The minimum Gasteiger partial charge on any atom is -0.489 e. The topological polar surface area (TPSA) is 61.8 Å². The van der Waals surface area contributed by atoms with Crippen molar-refractivity contribution in [2.75, 3.05) is 13.2 Å². The first-order chi connectivity index (χ1) is 18.4. The quantitative estimate of drug-likeness (QED) is 0.149. The second kappa shape index (κ2) is 14.8. The van der Waals surface area contributed by atoms with E-state index < -0.39 is 17.4 Å². The molecule has 3 aromatic carbocycles. The first-order valence-electron chi connectivity index (χ1n) is 13.0. The van der Waals surface area contributed by atoms with E-state index in [1.54, 1.807) is 25.6 Å². The van der Waals surface area contributed by atoms with Crippen molar-refractivity contribution >= 4 is 35.3 Å². The molecule has 0 saturated carbocycles. The molecule has 0 fully saturated rings. The summed E-state index contributed by atoms with van der Waals surface area (Å²) in [5.74, 6) is -0.230. The number of hydrogen-bond acceptors (Lipinski definition) is 6. The highest BCUT2D eigenvalue weighted by Crippen LogP contribution is 2.35. The van der Waals surface area contributed by atoms with Crippen molar-refractivity contribution in [3.63, 3.8) is 0 Å². The Morgan fingerprint density at radius 1 is 0.842 bits per heavy atom. The monoisotopic (exact) mass is 554 g/mol. The lowest BCUT2D eigenvalue weighted by molar-refractivity contribution is -0.173. The molecule has 0 saturated heterocycles. The summed E-state index contributed by atoms with van der Waals surface area (Å²) in [6.07, 6.45) is 1.89. The third-order valence-electron chi connectivity index (χ3n) is 6.30. The van der Waals surface area contributed by atoms with Crippen molar-refractivity contribution in [2.24, 2.45) is 5.41 Å². The first kappa shape index (κ1) is 29.6. The molecule has 0 aliphatic heterocycles. The minimum absolute atomic E-state index is 0.215. The highest BCUT2D eigenvalue weighted by molar-refractivity contribution is 7.99. The molecule has 0 N–H and O–H groups in total. The summed E-state index contributed by atoms with van der Waals surface area (Å²) in [6.45, 7) is 6.23. The van der Waals surface area contributed by atoms with Crippen LogP contribution >= 0.6 is 23.4 Å². The Hall–Kier alpha value is -2.96. The molecule has 0 aromatic heterocycles. The average Bonchev–Trinajstić information content (AvgIpc) is 2.92. The standard InChI is InChI=1S/C31H35ClO5S/c1-4-31(29(33)35-5-2,30(34)36-6-3)19-11-14-24-17-18-27(21-28(24)32)38-26-16-10-15-25(20-26)37-22-23-12-8-7-9-13-23/h7-10,12-13,15-18,20-21H,4-6,11,14,19,22H2,1-3H3. The van der Waals surface area contributed by atoms with Crippen molar-refractivity contribution in [1.82, 2.24) is 0 Å². The zero-order chi connectivity index (χ0) is 27.4. The van der Waals surface area contributed by atoms with Gasteiger partial charge in [0.25, 0.3) is 0 Å². The molecular formula is C31H35ClO5S. The maximum atomic E-state index is 12.7. The lowest BCUT2D eigenvalue weighted by Crippen LogP contribution is -2.41. The smallest absolute Gasteiger partial charge is 0.323 e. The summed E-state index contributed by atoms with van der Waals surface area (Å²) in [4.78, 5) is 27.5. The number of aryl methyl sites for hydroxylation is 1. The summed E-state index contributed by atoms with van der Waals surface area (Å²) in [5, 5.41) is 0.654. The van der Waals surface area contributed by atoms with Gasteiger partial charge in [0.1, 0.15) is 12.4 Å². The van der Waals surface area contributed by atoms with E-state index in [9.17, 15) is 9.59 Å². The maximum absolute atomic E-state index is 12.7. The van der Waals surface area contributed by atoms with Crippen LogP contribution < -0.4 is 4.74 Å². The molecule has 0 aliphatic rings. The van der Waals surface area contributed by atoms with E-state index in [1.807, 2.05) is 79.7 Å². The molecule has 0 spiro atoms. The number of hydrogen-bond donors (Lipinski definition) is 0. The number of halogens is 1. The van der Waals surface area contributed by atoms with Crippen LogP contribution in [0.5, 0.6) is 5.75 Å². The Balaban J connectivity index is 1.61. The molecule has 0 radical (unpaired) electrons. The number of benzene rings is 3. The van der Waals surface area contributed by atoms with Gasteiger partial charge in [-0.15, -0.1) is 0 Å². The van der Waals surface area contributed by atoms with Crippen LogP contribution in [0.4, 0.5) is 0 Å². The van der Waals surface area contributed by atoms with Crippen LogP contribution in [0, 0.1) is 5.41 Å². The van der Waals surface area contributed by atoms with Gasteiger partial charge in [-0.25, -0.2) is 0 Å². The van der Waals surface area contributed by atoms with E-state index in [1.165, 1.54) is 0 Å². The van der Waals surface area contributed by atoms with Crippen LogP contribution in [-0.4, -0.2) is 25.2 Å². The van der Waals surface area contributed by atoms with Crippen molar-refractivity contribution < 1.29 is 23.8 Å². The Morgan fingerprint density at radius 2 is 1.53 bits per heavy atom. The van der Waals surface area contributed by atoms with Crippen LogP contribution in [0.25, 0.3) is 0 Å². The van der Waals surface area contributed by atoms with Crippen LogP contribution in [0.1, 0.15) is 51.2 Å². The van der Waals surface area contributed by atoms with Crippen molar-refractivity contribution in [1.29, 1.82) is 0 Å². The van der Waals surface area contributed by atoms with Gasteiger partial charge in [0, 0.05) is 14.8 Å². The van der Waals surface area contributed by atoms with Crippen LogP contribution in [0.2, 0.25) is 5.02 Å².